The lowest BCUT2D eigenvalue weighted by Crippen LogP contribution is -2.47. The van der Waals surface area contributed by atoms with Crippen LogP contribution in [-0.2, 0) is 9.47 Å². The molecule has 2 N–H and O–H groups in total. The van der Waals surface area contributed by atoms with E-state index in [1.165, 1.54) is 0 Å². The van der Waals surface area contributed by atoms with Crippen LogP contribution in [0, 0.1) is 6.92 Å². The summed E-state index contributed by atoms with van der Waals surface area (Å²) in [6.07, 6.45) is 0.827. The first-order valence-electron chi connectivity index (χ1n) is 8.47. The van der Waals surface area contributed by atoms with Gasteiger partial charge in [-0.2, -0.15) is 0 Å². The molecular formula is C17H26N4O3. The summed E-state index contributed by atoms with van der Waals surface area (Å²) in [7, 11) is 0. The van der Waals surface area contributed by atoms with E-state index >= 15 is 0 Å². The number of nitrogens with zero attached hydrogens (tertiary/aromatic N) is 2. The van der Waals surface area contributed by atoms with E-state index in [0.29, 0.717) is 6.61 Å². The second-order valence-electron chi connectivity index (χ2n) is 6.79. The molecule has 2 fully saturated rings. The monoisotopic (exact) mass is 334 g/mol. The van der Waals surface area contributed by atoms with Gasteiger partial charge < -0.3 is 25.0 Å². The average molecular weight is 334 g/mol. The predicted octanol–water partition coefficient (Wildman–Crippen LogP) is 1.92. The van der Waals surface area contributed by atoms with Gasteiger partial charge in [0.25, 0.3) is 0 Å². The lowest BCUT2D eigenvalue weighted by Gasteiger charge is -2.28. The third-order valence-corrected chi connectivity index (χ3v) is 4.68. The number of urea groups is 1. The molecule has 7 nitrogen and oxygen atoms in total. The topological polar surface area (TPSA) is 75.7 Å². The second-order valence-corrected chi connectivity index (χ2v) is 6.79. The molecule has 1 aromatic heterocycles. The normalized spacial score (nSPS) is 23.1. The zero-order valence-corrected chi connectivity index (χ0v) is 14.6. The zero-order chi connectivity index (χ0) is 17.2. The number of anilines is 2. The molecule has 24 heavy (non-hydrogen) atoms. The van der Waals surface area contributed by atoms with Crippen LogP contribution in [0.2, 0.25) is 0 Å². The minimum atomic E-state index is -0.329. The van der Waals surface area contributed by atoms with Gasteiger partial charge in [-0.25, -0.2) is 9.78 Å². The molecule has 2 aliphatic rings. The average Bonchev–Trinajstić information content (AvgIpc) is 2.88. The molecule has 2 aliphatic heterocycles. The zero-order valence-electron chi connectivity index (χ0n) is 14.6. The van der Waals surface area contributed by atoms with Gasteiger partial charge in [0.15, 0.2) is 0 Å². The quantitative estimate of drug-likeness (QED) is 0.883. The highest BCUT2D eigenvalue weighted by Crippen LogP contribution is 2.25. The fourth-order valence-corrected chi connectivity index (χ4v) is 3.10. The van der Waals surface area contributed by atoms with Gasteiger partial charge in [-0.15, -0.1) is 0 Å². The number of morpholine rings is 1. The van der Waals surface area contributed by atoms with E-state index < -0.39 is 0 Å². The molecule has 3 rings (SSSR count). The third kappa shape index (κ3) is 3.79. The third-order valence-electron chi connectivity index (χ3n) is 4.68. The molecular weight excluding hydrogens is 308 g/mol. The molecule has 1 unspecified atom stereocenters. The highest BCUT2D eigenvalue weighted by molar-refractivity contribution is 5.90. The van der Waals surface area contributed by atoms with Gasteiger partial charge in [-0.3, -0.25) is 0 Å². The van der Waals surface area contributed by atoms with E-state index in [-0.39, 0.29) is 17.7 Å². The number of rotatable bonds is 3. The van der Waals surface area contributed by atoms with Crippen molar-refractivity contribution in [3.8, 4) is 0 Å². The number of ether oxygens (including phenoxy) is 2. The summed E-state index contributed by atoms with van der Waals surface area (Å²) in [6.45, 7) is 9.70. The summed E-state index contributed by atoms with van der Waals surface area (Å²) in [5, 5.41) is 5.89. The molecule has 1 aromatic rings. The van der Waals surface area contributed by atoms with Crippen molar-refractivity contribution in [1.82, 2.24) is 10.3 Å². The Labute approximate surface area is 142 Å². The molecule has 0 aliphatic carbocycles. The van der Waals surface area contributed by atoms with Crippen LogP contribution in [0.25, 0.3) is 0 Å². The summed E-state index contributed by atoms with van der Waals surface area (Å²) in [4.78, 5) is 19.1. The van der Waals surface area contributed by atoms with E-state index in [2.05, 4.69) is 20.5 Å². The minimum absolute atomic E-state index is 0.0124. The van der Waals surface area contributed by atoms with Crippen LogP contribution in [0.4, 0.5) is 16.3 Å². The van der Waals surface area contributed by atoms with Crippen LogP contribution in [0.1, 0.15) is 26.0 Å². The number of amides is 2. The van der Waals surface area contributed by atoms with Gasteiger partial charge in [0.05, 0.1) is 36.2 Å². The fraction of sp³-hybridized carbons (Fsp3) is 0.647. The maximum Gasteiger partial charge on any atom is 0.319 e. The van der Waals surface area contributed by atoms with Gasteiger partial charge >= 0.3 is 6.03 Å². The highest BCUT2D eigenvalue weighted by atomic mass is 16.5. The van der Waals surface area contributed by atoms with Crippen LogP contribution >= 0.6 is 0 Å². The van der Waals surface area contributed by atoms with Crippen molar-refractivity contribution in [2.45, 2.75) is 38.8 Å². The van der Waals surface area contributed by atoms with Gasteiger partial charge in [0.2, 0.25) is 0 Å². The number of hydrogen-bond donors (Lipinski definition) is 2. The summed E-state index contributed by atoms with van der Waals surface area (Å²) >= 11 is 0. The van der Waals surface area contributed by atoms with Crippen LogP contribution in [0.5, 0.6) is 0 Å². The van der Waals surface area contributed by atoms with Crippen LogP contribution in [0.3, 0.4) is 0 Å². The maximum atomic E-state index is 12.3. The lowest BCUT2D eigenvalue weighted by molar-refractivity contribution is 0.0238. The molecule has 0 saturated carbocycles. The minimum Gasteiger partial charge on any atom is -0.378 e. The Balaban J connectivity index is 1.61. The van der Waals surface area contributed by atoms with Crippen molar-refractivity contribution in [2.24, 2.45) is 0 Å². The predicted molar refractivity (Wildman–Crippen MR) is 92.6 cm³/mol. The summed E-state index contributed by atoms with van der Waals surface area (Å²) < 4.78 is 11.0. The van der Waals surface area contributed by atoms with E-state index in [4.69, 9.17) is 9.47 Å². The van der Waals surface area contributed by atoms with E-state index in [1.807, 2.05) is 32.9 Å². The number of pyridine rings is 1. The highest BCUT2D eigenvalue weighted by Gasteiger charge is 2.36. The largest absolute Gasteiger partial charge is 0.378 e. The number of carbonyl (C=O) groups excluding carboxylic acids is 1. The molecule has 2 amide bonds. The first-order valence-corrected chi connectivity index (χ1v) is 8.47. The fourth-order valence-electron chi connectivity index (χ4n) is 3.10. The Morgan fingerprint density at radius 1 is 1.29 bits per heavy atom. The standard InChI is InChI=1S/C17H26N4O3/c1-12-13(4-5-15(18-12)21-7-10-23-11-8-21)19-16(22)20-14-6-9-24-17(14,2)3/h4-5,14H,6-11H2,1-3H3,(H2,19,20,22). The van der Waals surface area contributed by atoms with Crippen molar-refractivity contribution >= 4 is 17.5 Å². The number of carbonyl (C=O) groups is 1. The Hall–Kier alpha value is -1.86. The van der Waals surface area contributed by atoms with E-state index in [1.54, 1.807) is 0 Å². The van der Waals surface area contributed by atoms with Crippen LogP contribution in [0.15, 0.2) is 12.1 Å². The first kappa shape index (κ1) is 17.0. The molecule has 0 radical (unpaired) electrons. The van der Waals surface area contributed by atoms with Gasteiger partial charge in [0, 0.05) is 19.7 Å². The van der Waals surface area contributed by atoms with Gasteiger partial charge in [0.1, 0.15) is 5.82 Å². The second kappa shape index (κ2) is 6.94. The van der Waals surface area contributed by atoms with Crippen LogP contribution < -0.4 is 15.5 Å². The van der Waals surface area contributed by atoms with Crippen molar-refractivity contribution < 1.29 is 14.3 Å². The van der Waals surface area contributed by atoms with Crippen LogP contribution in [-0.4, -0.2) is 55.6 Å². The molecule has 1 atom stereocenters. The van der Waals surface area contributed by atoms with Gasteiger partial charge in [-0.05, 0) is 39.3 Å². The summed E-state index contributed by atoms with van der Waals surface area (Å²) in [6, 6.07) is 3.64. The number of aromatic nitrogens is 1. The summed E-state index contributed by atoms with van der Waals surface area (Å²) in [5.41, 5.74) is 1.20. The number of nitrogens with one attached hydrogen (secondary N) is 2. The molecule has 3 heterocycles. The first-order chi connectivity index (χ1) is 11.5. The Morgan fingerprint density at radius 2 is 2.04 bits per heavy atom. The van der Waals surface area contributed by atoms with Crippen molar-refractivity contribution in [1.29, 1.82) is 0 Å². The van der Waals surface area contributed by atoms with Crippen molar-refractivity contribution in [3.63, 3.8) is 0 Å². The maximum absolute atomic E-state index is 12.3. The molecule has 132 valence electrons. The molecule has 2 saturated heterocycles. The van der Waals surface area contributed by atoms with Crippen molar-refractivity contribution in [2.75, 3.05) is 43.1 Å². The number of aryl methyl sites for hydroxylation is 1. The Kier molecular flexibility index (Phi) is 4.91. The van der Waals surface area contributed by atoms with E-state index in [0.717, 1.165) is 49.9 Å². The number of hydrogen-bond acceptors (Lipinski definition) is 5. The molecule has 7 heteroatoms. The molecule has 0 spiro atoms. The smallest absolute Gasteiger partial charge is 0.319 e. The van der Waals surface area contributed by atoms with Gasteiger partial charge in [-0.1, -0.05) is 0 Å². The lowest BCUT2D eigenvalue weighted by atomic mass is 9.99. The Bertz CT molecular complexity index is 599. The molecule has 0 aromatic carbocycles. The van der Waals surface area contributed by atoms with E-state index in [9.17, 15) is 4.79 Å². The Morgan fingerprint density at radius 3 is 2.67 bits per heavy atom. The summed E-state index contributed by atoms with van der Waals surface area (Å²) in [5.74, 6) is 0.923. The molecule has 0 bridgehead atoms. The van der Waals surface area contributed by atoms with Crippen molar-refractivity contribution in [3.05, 3.63) is 17.8 Å². The SMILES string of the molecule is Cc1nc(N2CCOCC2)ccc1NC(=O)NC1CCOC1(C)C.